The fourth-order valence-corrected chi connectivity index (χ4v) is 3.92. The monoisotopic (exact) mass is 363 g/mol. The summed E-state index contributed by atoms with van der Waals surface area (Å²) in [5.74, 6) is 1.85. The van der Waals surface area contributed by atoms with Crippen LogP contribution in [0.15, 0.2) is 41.6 Å². The fraction of sp³-hybridized carbons (Fsp3) is 0.368. The molecule has 0 bridgehead atoms. The Kier molecular flexibility index (Phi) is 3.87. The molecule has 2 unspecified atom stereocenters. The Morgan fingerprint density at radius 2 is 2.30 bits per heavy atom. The number of aromatic nitrogens is 4. The predicted molar refractivity (Wildman–Crippen MR) is 101 cm³/mol. The first kappa shape index (κ1) is 16.3. The van der Waals surface area contributed by atoms with Crippen molar-refractivity contribution in [3.05, 3.63) is 59.5 Å². The maximum Gasteiger partial charge on any atom is 0.219 e. The minimum absolute atomic E-state index is 0.137. The minimum atomic E-state index is -0.171. The topological polar surface area (TPSA) is 94.5 Å². The Bertz CT molecular complexity index is 974. The van der Waals surface area contributed by atoms with E-state index in [0.29, 0.717) is 12.5 Å². The number of aliphatic imine (C=N–C) groups is 1. The third-order valence-corrected chi connectivity index (χ3v) is 5.30. The van der Waals surface area contributed by atoms with Gasteiger partial charge in [0.1, 0.15) is 12.1 Å². The van der Waals surface area contributed by atoms with E-state index in [-0.39, 0.29) is 12.1 Å². The van der Waals surface area contributed by atoms with Crippen molar-refractivity contribution in [2.45, 2.75) is 31.7 Å². The molecule has 2 atom stereocenters. The number of rotatable bonds is 3. The lowest BCUT2D eigenvalue weighted by Crippen LogP contribution is -2.39. The number of allylic oxidation sites excluding steroid dienone is 2. The van der Waals surface area contributed by atoms with Crippen LogP contribution in [0.2, 0.25) is 0 Å². The number of hydrogen-bond acceptors (Lipinski definition) is 7. The van der Waals surface area contributed by atoms with Crippen molar-refractivity contribution in [1.29, 1.82) is 0 Å². The standard InChI is InChI=1S/C19H21N7O/c1-27-15-6-2-5-13-17(15)23-19(20)26-18(13)22-16(24-26)11-25-9-7-12-4-3-8-21-14(12)10-25/h2-6,8,15,17H,7,9-11H2,1H3,(H2,20,23). The smallest absolute Gasteiger partial charge is 0.219 e. The van der Waals surface area contributed by atoms with Gasteiger partial charge in [0.25, 0.3) is 0 Å². The third-order valence-electron chi connectivity index (χ3n) is 5.30. The van der Waals surface area contributed by atoms with Gasteiger partial charge in [0.2, 0.25) is 5.96 Å². The highest BCUT2D eigenvalue weighted by molar-refractivity contribution is 5.88. The van der Waals surface area contributed by atoms with Crippen molar-refractivity contribution in [2.24, 2.45) is 10.7 Å². The second kappa shape index (κ2) is 6.40. The van der Waals surface area contributed by atoms with E-state index >= 15 is 0 Å². The van der Waals surface area contributed by atoms with Gasteiger partial charge in [-0.05, 0) is 18.1 Å². The molecular weight excluding hydrogens is 342 g/mol. The van der Waals surface area contributed by atoms with Crippen molar-refractivity contribution >= 4 is 11.5 Å². The Morgan fingerprint density at radius 1 is 1.37 bits per heavy atom. The van der Waals surface area contributed by atoms with Crippen LogP contribution in [-0.4, -0.2) is 56.4 Å². The highest BCUT2D eigenvalue weighted by Gasteiger charge is 2.34. The van der Waals surface area contributed by atoms with E-state index in [2.05, 4.69) is 26.0 Å². The first-order chi connectivity index (χ1) is 13.2. The van der Waals surface area contributed by atoms with Gasteiger partial charge in [0.15, 0.2) is 11.6 Å². The average Bonchev–Trinajstić information content (AvgIpc) is 3.12. The zero-order valence-corrected chi connectivity index (χ0v) is 15.1. The van der Waals surface area contributed by atoms with Crippen LogP contribution in [0.3, 0.4) is 0 Å². The summed E-state index contributed by atoms with van der Waals surface area (Å²) in [6.07, 6.45) is 8.68. The quantitative estimate of drug-likeness (QED) is 0.865. The molecule has 0 fully saturated rings. The Morgan fingerprint density at radius 3 is 3.19 bits per heavy atom. The summed E-state index contributed by atoms with van der Waals surface area (Å²) < 4.78 is 7.16. The summed E-state index contributed by atoms with van der Waals surface area (Å²) in [6.45, 7) is 2.43. The highest BCUT2D eigenvalue weighted by atomic mass is 16.5. The second-order valence-corrected chi connectivity index (χ2v) is 6.97. The van der Waals surface area contributed by atoms with Gasteiger partial charge >= 0.3 is 0 Å². The average molecular weight is 363 g/mol. The third kappa shape index (κ3) is 2.77. The largest absolute Gasteiger partial charge is 0.375 e. The van der Waals surface area contributed by atoms with E-state index in [1.165, 1.54) is 5.56 Å². The lowest BCUT2D eigenvalue weighted by molar-refractivity contribution is 0.131. The number of methoxy groups -OCH3 is 1. The molecule has 5 rings (SSSR count). The van der Waals surface area contributed by atoms with E-state index in [1.807, 2.05) is 30.5 Å². The van der Waals surface area contributed by atoms with E-state index in [1.54, 1.807) is 11.8 Å². The van der Waals surface area contributed by atoms with Crippen LogP contribution in [0.4, 0.5) is 0 Å². The molecule has 0 spiro atoms. The van der Waals surface area contributed by atoms with Gasteiger partial charge in [-0.15, -0.1) is 5.10 Å². The van der Waals surface area contributed by atoms with E-state index < -0.39 is 0 Å². The van der Waals surface area contributed by atoms with Gasteiger partial charge in [0.05, 0.1) is 12.2 Å². The van der Waals surface area contributed by atoms with Gasteiger partial charge in [-0.2, -0.15) is 4.68 Å². The molecule has 3 aliphatic rings. The fourth-order valence-electron chi connectivity index (χ4n) is 3.92. The molecule has 0 aromatic carbocycles. The molecule has 2 aromatic heterocycles. The van der Waals surface area contributed by atoms with E-state index in [9.17, 15) is 0 Å². The molecule has 2 N–H and O–H groups in total. The van der Waals surface area contributed by atoms with Gasteiger partial charge in [-0.1, -0.05) is 24.3 Å². The summed E-state index contributed by atoms with van der Waals surface area (Å²) in [4.78, 5) is 16.2. The SMILES string of the molecule is COC1C=CC=C2c3nc(CN4CCc5cccnc5C4)nn3C(N)=NC21. The van der Waals surface area contributed by atoms with Gasteiger partial charge in [-0.25, -0.2) is 9.98 Å². The Labute approximate surface area is 157 Å². The van der Waals surface area contributed by atoms with E-state index in [4.69, 9.17) is 15.5 Å². The number of fused-ring (bicyclic) bond motifs is 4. The molecule has 1 aliphatic carbocycles. The van der Waals surface area contributed by atoms with Crippen LogP contribution < -0.4 is 5.73 Å². The first-order valence-corrected chi connectivity index (χ1v) is 9.09. The van der Waals surface area contributed by atoms with Crippen LogP contribution in [0.1, 0.15) is 22.9 Å². The van der Waals surface area contributed by atoms with Crippen molar-refractivity contribution < 1.29 is 4.74 Å². The summed E-state index contributed by atoms with van der Waals surface area (Å²) in [6, 6.07) is 3.98. The predicted octanol–water partition coefficient (Wildman–Crippen LogP) is 0.745. The molecule has 0 saturated carbocycles. The lowest BCUT2D eigenvalue weighted by atomic mass is 9.95. The summed E-state index contributed by atoms with van der Waals surface area (Å²) in [5, 5.41) is 4.61. The van der Waals surface area contributed by atoms with Gasteiger partial charge in [-0.3, -0.25) is 9.88 Å². The Balaban J connectivity index is 1.41. The molecule has 27 heavy (non-hydrogen) atoms. The molecule has 2 aromatic rings. The van der Waals surface area contributed by atoms with Crippen molar-refractivity contribution in [1.82, 2.24) is 24.6 Å². The number of nitrogens with zero attached hydrogens (tertiary/aromatic N) is 6. The molecule has 8 heteroatoms. The lowest BCUT2D eigenvalue weighted by Gasteiger charge is -2.28. The number of pyridine rings is 1. The molecule has 0 amide bonds. The van der Waals surface area contributed by atoms with Crippen LogP contribution in [-0.2, 0) is 24.2 Å². The number of ether oxygens (including phenoxy) is 1. The zero-order valence-electron chi connectivity index (χ0n) is 15.1. The summed E-state index contributed by atoms with van der Waals surface area (Å²) >= 11 is 0. The van der Waals surface area contributed by atoms with Crippen molar-refractivity contribution in [3.63, 3.8) is 0 Å². The molecule has 2 aliphatic heterocycles. The second-order valence-electron chi connectivity index (χ2n) is 6.97. The molecule has 138 valence electrons. The minimum Gasteiger partial charge on any atom is -0.375 e. The normalized spacial score (nSPS) is 23.9. The van der Waals surface area contributed by atoms with Gasteiger partial charge < -0.3 is 10.5 Å². The highest BCUT2D eigenvalue weighted by Crippen LogP contribution is 2.30. The van der Waals surface area contributed by atoms with Crippen LogP contribution in [0.25, 0.3) is 5.57 Å². The van der Waals surface area contributed by atoms with Crippen LogP contribution in [0, 0.1) is 0 Å². The summed E-state index contributed by atoms with van der Waals surface area (Å²) in [7, 11) is 1.68. The van der Waals surface area contributed by atoms with Crippen LogP contribution >= 0.6 is 0 Å². The van der Waals surface area contributed by atoms with Crippen LogP contribution in [0.5, 0.6) is 0 Å². The molecular formula is C19H21N7O. The molecule has 0 radical (unpaired) electrons. The molecule has 8 nitrogen and oxygen atoms in total. The zero-order chi connectivity index (χ0) is 18.4. The molecule has 4 heterocycles. The number of hydrogen-bond donors (Lipinski definition) is 1. The maximum absolute atomic E-state index is 6.16. The van der Waals surface area contributed by atoms with E-state index in [0.717, 1.165) is 42.4 Å². The van der Waals surface area contributed by atoms with Gasteiger partial charge in [0, 0.05) is 32.0 Å². The first-order valence-electron chi connectivity index (χ1n) is 9.09. The maximum atomic E-state index is 6.16. The number of nitrogens with two attached hydrogens (primary N) is 1. The summed E-state index contributed by atoms with van der Waals surface area (Å²) in [5.41, 5.74) is 9.61. The van der Waals surface area contributed by atoms with Crippen molar-refractivity contribution in [2.75, 3.05) is 13.7 Å². The Hall–Kier alpha value is -2.84. The van der Waals surface area contributed by atoms with Crippen molar-refractivity contribution in [3.8, 4) is 0 Å². The molecule has 0 saturated heterocycles.